The molecule has 0 saturated heterocycles. The van der Waals surface area contributed by atoms with Crippen LogP contribution in [0.3, 0.4) is 0 Å². The van der Waals surface area contributed by atoms with Gasteiger partial charge in [-0.15, -0.1) is 0 Å². The van der Waals surface area contributed by atoms with Gasteiger partial charge in [0.2, 0.25) is 11.8 Å². The summed E-state index contributed by atoms with van der Waals surface area (Å²) in [7, 11) is 3.29. The second-order valence-corrected chi connectivity index (χ2v) is 9.96. The number of likely N-dealkylation sites (N-methyl/N-ethyl adjacent to an activating group) is 2. The lowest BCUT2D eigenvalue weighted by Gasteiger charge is -2.08. The summed E-state index contributed by atoms with van der Waals surface area (Å²) in [5.74, 6) is 1.90. The van der Waals surface area contributed by atoms with E-state index in [2.05, 4.69) is 59.4 Å². The molecule has 0 heterocycles. The van der Waals surface area contributed by atoms with Gasteiger partial charge in [-0.05, 0) is 74.2 Å². The van der Waals surface area contributed by atoms with Crippen molar-refractivity contribution in [2.45, 2.75) is 71.6 Å². The SMILES string of the molecule is CCCCCCOc1cccc(CCNCC(=O)NC)c1.CCCCCOc1cccc(CCNCC(=O)NC)c1. The van der Waals surface area contributed by atoms with Crippen molar-refractivity contribution < 1.29 is 19.1 Å². The number of unbranched alkanes of at least 4 members (excludes halogenated alkanes) is 5. The third-order valence-electron chi connectivity index (χ3n) is 6.39. The topological polar surface area (TPSA) is 101 Å². The van der Waals surface area contributed by atoms with Crippen LogP contribution in [-0.4, -0.2) is 65.3 Å². The van der Waals surface area contributed by atoms with Crippen LogP contribution in [0.25, 0.3) is 0 Å². The fourth-order valence-corrected chi connectivity index (χ4v) is 3.89. The van der Waals surface area contributed by atoms with Gasteiger partial charge >= 0.3 is 0 Å². The fraction of sp³-hybridized carbons (Fsp3) is 0.576. The van der Waals surface area contributed by atoms with Crippen molar-refractivity contribution in [3.63, 3.8) is 0 Å². The Balaban J connectivity index is 0.000000410. The van der Waals surface area contributed by atoms with E-state index < -0.39 is 0 Å². The van der Waals surface area contributed by atoms with Crippen LogP contribution in [0.1, 0.15) is 69.9 Å². The van der Waals surface area contributed by atoms with Crippen molar-refractivity contribution in [1.29, 1.82) is 0 Å². The first-order chi connectivity index (χ1) is 20.0. The monoisotopic (exact) mass is 570 g/mol. The molecule has 0 aliphatic carbocycles. The highest BCUT2D eigenvalue weighted by molar-refractivity contribution is 5.77. The van der Waals surface area contributed by atoms with E-state index in [-0.39, 0.29) is 11.8 Å². The summed E-state index contributed by atoms with van der Waals surface area (Å²) in [5, 5.41) is 11.4. The van der Waals surface area contributed by atoms with Crippen LogP contribution in [0.15, 0.2) is 48.5 Å². The Bertz CT molecular complexity index is 954. The van der Waals surface area contributed by atoms with Gasteiger partial charge in [-0.2, -0.15) is 0 Å². The van der Waals surface area contributed by atoms with Crippen molar-refractivity contribution in [3.05, 3.63) is 59.7 Å². The Morgan fingerprint density at radius 1 is 0.634 bits per heavy atom. The molecule has 41 heavy (non-hydrogen) atoms. The second kappa shape index (κ2) is 24.7. The van der Waals surface area contributed by atoms with Crippen molar-refractivity contribution >= 4 is 11.8 Å². The standard InChI is InChI=1S/C17H28N2O2.C16H26N2O2/c1-3-4-5-6-12-21-16-9-7-8-15(13-16)10-11-19-14-17(20)18-2;1-3-4-5-11-20-15-8-6-7-14(12-15)9-10-18-13-16(19)17-2/h7-9,13,19H,3-6,10-12,14H2,1-2H3,(H,18,20);6-8,12,18H,3-5,9-11,13H2,1-2H3,(H,17,19). The van der Waals surface area contributed by atoms with Gasteiger partial charge in [-0.1, -0.05) is 70.2 Å². The van der Waals surface area contributed by atoms with E-state index in [1.54, 1.807) is 14.1 Å². The molecular weight excluding hydrogens is 516 g/mol. The normalized spacial score (nSPS) is 10.3. The molecule has 0 spiro atoms. The Morgan fingerprint density at radius 2 is 1.07 bits per heavy atom. The minimum Gasteiger partial charge on any atom is -0.494 e. The third-order valence-corrected chi connectivity index (χ3v) is 6.39. The molecule has 2 aromatic carbocycles. The molecule has 2 rings (SSSR count). The molecule has 0 aliphatic heterocycles. The molecule has 0 unspecified atom stereocenters. The molecule has 0 saturated carbocycles. The van der Waals surface area contributed by atoms with Crippen LogP contribution in [0.4, 0.5) is 0 Å². The lowest BCUT2D eigenvalue weighted by Crippen LogP contribution is -2.32. The lowest BCUT2D eigenvalue weighted by atomic mass is 10.1. The maximum atomic E-state index is 11.1. The van der Waals surface area contributed by atoms with Gasteiger partial charge in [0.1, 0.15) is 11.5 Å². The number of carbonyl (C=O) groups is 2. The molecule has 0 aliphatic rings. The summed E-state index contributed by atoms with van der Waals surface area (Å²) < 4.78 is 11.5. The van der Waals surface area contributed by atoms with Crippen molar-refractivity contribution in [1.82, 2.24) is 21.3 Å². The van der Waals surface area contributed by atoms with Crippen LogP contribution in [0.2, 0.25) is 0 Å². The largest absolute Gasteiger partial charge is 0.494 e. The van der Waals surface area contributed by atoms with Crippen molar-refractivity contribution in [3.8, 4) is 11.5 Å². The van der Waals surface area contributed by atoms with Crippen LogP contribution in [0, 0.1) is 0 Å². The third kappa shape index (κ3) is 19.6. The number of ether oxygens (including phenoxy) is 2. The smallest absolute Gasteiger partial charge is 0.233 e. The number of benzene rings is 2. The Kier molecular flexibility index (Phi) is 21.6. The maximum absolute atomic E-state index is 11.1. The number of nitrogens with one attached hydrogen (secondary N) is 4. The van der Waals surface area contributed by atoms with E-state index in [0.717, 1.165) is 63.5 Å². The van der Waals surface area contributed by atoms with Crippen LogP contribution < -0.4 is 30.7 Å². The lowest BCUT2D eigenvalue weighted by molar-refractivity contribution is -0.120. The van der Waals surface area contributed by atoms with Gasteiger partial charge in [0.15, 0.2) is 0 Å². The van der Waals surface area contributed by atoms with Gasteiger partial charge in [0.05, 0.1) is 26.3 Å². The summed E-state index contributed by atoms with van der Waals surface area (Å²) in [5.41, 5.74) is 2.45. The summed E-state index contributed by atoms with van der Waals surface area (Å²) in [4.78, 5) is 22.1. The van der Waals surface area contributed by atoms with Gasteiger partial charge in [-0.3, -0.25) is 9.59 Å². The van der Waals surface area contributed by atoms with E-state index in [4.69, 9.17) is 9.47 Å². The average Bonchev–Trinajstić information content (AvgIpc) is 3.00. The fourth-order valence-electron chi connectivity index (χ4n) is 3.89. The Morgan fingerprint density at radius 3 is 1.51 bits per heavy atom. The highest BCUT2D eigenvalue weighted by atomic mass is 16.5. The molecule has 8 heteroatoms. The Hall–Kier alpha value is -3.10. The van der Waals surface area contributed by atoms with E-state index in [1.165, 1.54) is 43.2 Å². The molecule has 8 nitrogen and oxygen atoms in total. The molecule has 0 aromatic heterocycles. The van der Waals surface area contributed by atoms with Crippen LogP contribution in [-0.2, 0) is 22.4 Å². The predicted molar refractivity (Wildman–Crippen MR) is 169 cm³/mol. The summed E-state index contributed by atoms with van der Waals surface area (Å²) in [6.07, 6.45) is 10.2. The maximum Gasteiger partial charge on any atom is 0.233 e. The van der Waals surface area contributed by atoms with E-state index >= 15 is 0 Å². The number of rotatable bonds is 21. The zero-order valence-electron chi connectivity index (χ0n) is 25.9. The molecule has 2 aromatic rings. The zero-order valence-corrected chi connectivity index (χ0v) is 25.9. The van der Waals surface area contributed by atoms with E-state index in [1.807, 2.05) is 24.3 Å². The first-order valence-corrected chi connectivity index (χ1v) is 15.3. The molecule has 0 radical (unpaired) electrons. The number of hydrogen-bond acceptors (Lipinski definition) is 6. The zero-order chi connectivity index (χ0) is 30.0. The van der Waals surface area contributed by atoms with Crippen LogP contribution >= 0.6 is 0 Å². The van der Waals surface area contributed by atoms with Gasteiger partial charge < -0.3 is 30.7 Å². The number of amides is 2. The summed E-state index contributed by atoms with van der Waals surface area (Å²) >= 11 is 0. The van der Waals surface area contributed by atoms with Crippen LogP contribution in [0.5, 0.6) is 11.5 Å². The average molecular weight is 571 g/mol. The minimum atomic E-state index is 0.0120. The molecule has 4 N–H and O–H groups in total. The highest BCUT2D eigenvalue weighted by Gasteiger charge is 2.01. The summed E-state index contributed by atoms with van der Waals surface area (Å²) in [6.45, 7) is 8.27. The first kappa shape index (κ1) is 35.9. The van der Waals surface area contributed by atoms with Gasteiger partial charge in [0.25, 0.3) is 0 Å². The van der Waals surface area contributed by atoms with Crippen molar-refractivity contribution in [2.75, 3.05) is 53.5 Å². The quantitative estimate of drug-likeness (QED) is 0.163. The molecule has 2 amide bonds. The van der Waals surface area contributed by atoms with Gasteiger partial charge in [0, 0.05) is 14.1 Å². The van der Waals surface area contributed by atoms with Crippen molar-refractivity contribution in [2.24, 2.45) is 0 Å². The predicted octanol–water partition coefficient (Wildman–Crippen LogP) is 4.66. The van der Waals surface area contributed by atoms with E-state index in [9.17, 15) is 9.59 Å². The first-order valence-electron chi connectivity index (χ1n) is 15.3. The number of carbonyl (C=O) groups excluding carboxylic acids is 2. The highest BCUT2D eigenvalue weighted by Crippen LogP contribution is 2.15. The molecule has 230 valence electrons. The molecule has 0 bridgehead atoms. The second-order valence-electron chi connectivity index (χ2n) is 9.96. The molecule has 0 atom stereocenters. The van der Waals surface area contributed by atoms with E-state index in [0.29, 0.717) is 13.1 Å². The Labute approximate surface area is 248 Å². The number of hydrogen-bond donors (Lipinski definition) is 4. The molecule has 0 fully saturated rings. The summed E-state index contributed by atoms with van der Waals surface area (Å²) in [6, 6.07) is 16.4. The molecular formula is C33H54N4O4. The minimum absolute atomic E-state index is 0.0120. The van der Waals surface area contributed by atoms with Gasteiger partial charge in [-0.25, -0.2) is 0 Å².